The smallest absolute Gasteiger partial charge is 0.163 e. The molecule has 0 aromatic carbocycles. The van der Waals surface area contributed by atoms with Gasteiger partial charge in [-0.15, -0.1) is 0 Å². The molecule has 3 nitrogen and oxygen atoms in total. The first kappa shape index (κ1) is 5.87. The SMILES string of the molecule is N#CC12COC(C1)C(=O)C2. The summed E-state index contributed by atoms with van der Waals surface area (Å²) in [7, 11) is 0. The van der Waals surface area contributed by atoms with Gasteiger partial charge in [0.15, 0.2) is 5.78 Å². The number of hydrogen-bond donors (Lipinski definition) is 0. The topological polar surface area (TPSA) is 50.1 Å². The van der Waals surface area contributed by atoms with Crippen molar-refractivity contribution in [2.75, 3.05) is 6.61 Å². The number of carbonyl (C=O) groups excluding carboxylic acids is 1. The predicted octanol–water partition coefficient (Wildman–Crippen LogP) is 0.258. The Morgan fingerprint density at radius 3 is 2.90 bits per heavy atom. The molecule has 0 aromatic heterocycles. The summed E-state index contributed by atoms with van der Waals surface area (Å²) in [5.41, 5.74) is -0.443. The van der Waals surface area contributed by atoms with Crippen LogP contribution in [0.15, 0.2) is 0 Å². The minimum absolute atomic E-state index is 0.104. The van der Waals surface area contributed by atoms with Crippen molar-refractivity contribution in [3.05, 3.63) is 0 Å². The molecular weight excluding hydrogens is 130 g/mol. The van der Waals surface area contributed by atoms with Crippen molar-refractivity contribution in [3.63, 3.8) is 0 Å². The minimum Gasteiger partial charge on any atom is -0.369 e. The Hall–Kier alpha value is -0.880. The van der Waals surface area contributed by atoms with Gasteiger partial charge in [-0.25, -0.2) is 0 Å². The van der Waals surface area contributed by atoms with Gasteiger partial charge in [-0.3, -0.25) is 4.79 Å². The lowest BCUT2D eigenvalue weighted by Gasteiger charge is -2.14. The van der Waals surface area contributed by atoms with Crippen LogP contribution in [0.2, 0.25) is 0 Å². The van der Waals surface area contributed by atoms with Crippen molar-refractivity contribution in [2.24, 2.45) is 5.41 Å². The second-order valence-electron chi connectivity index (χ2n) is 3.04. The van der Waals surface area contributed by atoms with Crippen molar-refractivity contribution in [1.82, 2.24) is 0 Å². The van der Waals surface area contributed by atoms with E-state index in [4.69, 9.17) is 10.00 Å². The molecule has 2 unspecified atom stereocenters. The molecule has 2 aliphatic rings. The van der Waals surface area contributed by atoms with Gasteiger partial charge >= 0.3 is 0 Å². The molecule has 1 aliphatic carbocycles. The van der Waals surface area contributed by atoms with Crippen molar-refractivity contribution in [1.29, 1.82) is 5.26 Å². The molecule has 2 bridgehead atoms. The highest BCUT2D eigenvalue weighted by Gasteiger charge is 2.51. The fraction of sp³-hybridized carbons (Fsp3) is 0.714. The van der Waals surface area contributed by atoms with Crippen molar-refractivity contribution < 1.29 is 9.53 Å². The van der Waals surface area contributed by atoms with Crippen LogP contribution in [0.4, 0.5) is 0 Å². The van der Waals surface area contributed by atoms with E-state index < -0.39 is 5.41 Å². The third-order valence-electron chi connectivity index (χ3n) is 2.25. The van der Waals surface area contributed by atoms with Gasteiger partial charge < -0.3 is 4.74 Å². The normalized spacial score (nSPS) is 43.9. The average molecular weight is 137 g/mol. The second kappa shape index (κ2) is 1.58. The number of Topliss-reactive ketones (excluding diaryl/α,β-unsaturated/α-hetero) is 1. The van der Waals surface area contributed by atoms with Gasteiger partial charge in [0.05, 0.1) is 18.1 Å². The molecule has 1 heterocycles. The molecule has 3 heteroatoms. The van der Waals surface area contributed by atoms with Gasteiger partial charge in [0, 0.05) is 12.8 Å². The number of ketones is 1. The standard InChI is InChI=1S/C7H7NO2/c8-3-7-1-5(9)6(2-7)10-4-7/h6H,1-2,4H2. The van der Waals surface area contributed by atoms with Gasteiger partial charge in [0.25, 0.3) is 0 Å². The van der Waals surface area contributed by atoms with E-state index in [1.54, 1.807) is 0 Å². The number of rotatable bonds is 0. The maximum absolute atomic E-state index is 10.9. The number of fused-ring (bicyclic) bond motifs is 2. The van der Waals surface area contributed by atoms with Gasteiger partial charge in [-0.2, -0.15) is 5.26 Å². The molecule has 0 N–H and O–H groups in total. The Morgan fingerprint density at radius 2 is 2.60 bits per heavy atom. The van der Waals surface area contributed by atoms with E-state index in [0.29, 0.717) is 19.4 Å². The summed E-state index contributed by atoms with van der Waals surface area (Å²) >= 11 is 0. The Kier molecular flexibility index (Phi) is 0.930. The lowest BCUT2D eigenvalue weighted by molar-refractivity contribution is -0.129. The van der Waals surface area contributed by atoms with E-state index in [9.17, 15) is 4.79 Å². The summed E-state index contributed by atoms with van der Waals surface area (Å²) in [6.45, 7) is 0.458. The molecule has 1 aliphatic heterocycles. The van der Waals surface area contributed by atoms with Crippen molar-refractivity contribution in [3.8, 4) is 6.07 Å². The van der Waals surface area contributed by atoms with E-state index >= 15 is 0 Å². The van der Waals surface area contributed by atoms with Crippen LogP contribution in [0.1, 0.15) is 12.8 Å². The third-order valence-corrected chi connectivity index (χ3v) is 2.25. The maximum atomic E-state index is 10.9. The van der Waals surface area contributed by atoms with Gasteiger partial charge in [-0.05, 0) is 0 Å². The summed E-state index contributed by atoms with van der Waals surface area (Å²) in [6.07, 6.45) is 0.788. The van der Waals surface area contributed by atoms with E-state index in [1.807, 2.05) is 0 Å². The maximum Gasteiger partial charge on any atom is 0.163 e. The Bertz CT molecular complexity index is 230. The molecular formula is C7H7NO2. The monoisotopic (exact) mass is 137 g/mol. The summed E-state index contributed by atoms with van der Waals surface area (Å²) in [5, 5.41) is 8.68. The Balaban J connectivity index is 2.32. The van der Waals surface area contributed by atoms with E-state index in [0.717, 1.165) is 0 Å². The molecule has 2 atom stereocenters. The quantitative estimate of drug-likeness (QED) is 0.481. The van der Waals surface area contributed by atoms with Crippen LogP contribution >= 0.6 is 0 Å². The number of nitrogens with zero attached hydrogens (tertiary/aromatic N) is 1. The fourth-order valence-electron chi connectivity index (χ4n) is 1.63. The van der Waals surface area contributed by atoms with Crippen LogP contribution in [0.3, 0.4) is 0 Å². The van der Waals surface area contributed by atoms with Crippen LogP contribution in [0.5, 0.6) is 0 Å². The molecule has 0 spiro atoms. The summed E-state index contributed by atoms with van der Waals surface area (Å²) in [4.78, 5) is 10.9. The molecule has 2 rings (SSSR count). The highest BCUT2D eigenvalue weighted by atomic mass is 16.5. The van der Waals surface area contributed by atoms with E-state index in [-0.39, 0.29) is 11.9 Å². The molecule has 52 valence electrons. The first-order chi connectivity index (χ1) is 4.76. The molecule has 1 saturated carbocycles. The second-order valence-corrected chi connectivity index (χ2v) is 3.04. The molecule has 2 fully saturated rings. The lowest BCUT2D eigenvalue weighted by Crippen LogP contribution is -2.24. The third kappa shape index (κ3) is 0.545. The molecule has 0 aromatic rings. The predicted molar refractivity (Wildman–Crippen MR) is 32.0 cm³/mol. The van der Waals surface area contributed by atoms with E-state index in [2.05, 4.69) is 6.07 Å². The van der Waals surface area contributed by atoms with Gasteiger partial charge in [-0.1, -0.05) is 0 Å². The molecule has 0 radical (unpaired) electrons. The van der Waals surface area contributed by atoms with Crippen molar-refractivity contribution >= 4 is 5.78 Å². The first-order valence-corrected chi connectivity index (χ1v) is 3.31. The minimum atomic E-state index is -0.443. The molecule has 1 saturated heterocycles. The fourth-order valence-corrected chi connectivity index (χ4v) is 1.63. The lowest BCUT2D eigenvalue weighted by atomic mass is 9.90. The zero-order chi connectivity index (χ0) is 7.19. The highest BCUT2D eigenvalue weighted by molar-refractivity contribution is 5.87. The Labute approximate surface area is 58.6 Å². The first-order valence-electron chi connectivity index (χ1n) is 3.31. The number of nitriles is 1. The summed E-state index contributed by atoms with van der Waals surface area (Å²) < 4.78 is 5.09. The van der Waals surface area contributed by atoms with Gasteiger partial charge in [0.2, 0.25) is 0 Å². The zero-order valence-corrected chi connectivity index (χ0v) is 5.46. The van der Waals surface area contributed by atoms with E-state index in [1.165, 1.54) is 0 Å². The summed E-state index contributed by atoms with van der Waals surface area (Å²) in [5.74, 6) is 0.104. The highest BCUT2D eigenvalue weighted by Crippen LogP contribution is 2.43. The van der Waals surface area contributed by atoms with Crippen LogP contribution < -0.4 is 0 Å². The van der Waals surface area contributed by atoms with Crippen LogP contribution in [-0.4, -0.2) is 18.5 Å². The van der Waals surface area contributed by atoms with Crippen LogP contribution in [0.25, 0.3) is 0 Å². The van der Waals surface area contributed by atoms with Crippen molar-refractivity contribution in [2.45, 2.75) is 18.9 Å². The number of ether oxygens (including phenoxy) is 1. The Morgan fingerprint density at radius 1 is 1.80 bits per heavy atom. The molecule has 10 heavy (non-hydrogen) atoms. The largest absolute Gasteiger partial charge is 0.369 e. The van der Waals surface area contributed by atoms with Gasteiger partial charge in [0.1, 0.15) is 6.10 Å². The molecule has 0 amide bonds. The van der Waals surface area contributed by atoms with Crippen LogP contribution in [0, 0.1) is 16.7 Å². The average Bonchev–Trinajstić information content (AvgIpc) is 2.45. The van der Waals surface area contributed by atoms with Crippen LogP contribution in [-0.2, 0) is 9.53 Å². The number of hydrogen-bond acceptors (Lipinski definition) is 3. The zero-order valence-electron chi connectivity index (χ0n) is 5.46. The summed E-state index contributed by atoms with van der Waals surface area (Å²) in [6, 6.07) is 2.15. The number of carbonyl (C=O) groups is 1.